The number of anilines is 1. The van der Waals surface area contributed by atoms with E-state index in [1.54, 1.807) is 6.07 Å². The van der Waals surface area contributed by atoms with Crippen molar-refractivity contribution < 1.29 is 14.3 Å². The number of aromatic carboxylic acids is 1. The molecule has 0 aromatic heterocycles. The molecule has 3 nitrogen and oxygen atoms in total. The highest BCUT2D eigenvalue weighted by Crippen LogP contribution is 2.50. The van der Waals surface area contributed by atoms with Gasteiger partial charge in [0.2, 0.25) is 0 Å². The van der Waals surface area contributed by atoms with Gasteiger partial charge in [0.05, 0.1) is 11.6 Å². The molecule has 2 aromatic carbocycles. The van der Waals surface area contributed by atoms with E-state index in [4.69, 9.17) is 0 Å². The second-order valence-corrected chi connectivity index (χ2v) is 6.53. The Labute approximate surface area is 139 Å². The molecule has 122 valence electrons. The minimum atomic E-state index is -0.917. The first-order chi connectivity index (χ1) is 11.6. The maximum Gasteiger partial charge on any atom is 0.336 e. The lowest BCUT2D eigenvalue weighted by atomic mass is 9.76. The maximum absolute atomic E-state index is 13.3. The summed E-state index contributed by atoms with van der Waals surface area (Å²) in [4.78, 5) is 11.4. The molecule has 0 radical (unpaired) electrons. The van der Waals surface area contributed by atoms with Crippen molar-refractivity contribution in [3.05, 3.63) is 76.6 Å². The summed E-state index contributed by atoms with van der Waals surface area (Å²) in [5, 5.41) is 12.9. The predicted octanol–water partition coefficient (Wildman–Crippen LogP) is 4.66. The molecule has 0 bridgehead atoms. The number of carboxylic acid groups (broad SMARTS) is 1. The monoisotopic (exact) mass is 323 g/mol. The lowest BCUT2D eigenvalue weighted by Gasteiger charge is -2.38. The van der Waals surface area contributed by atoms with Crippen LogP contribution >= 0.6 is 0 Å². The molecule has 0 amide bonds. The minimum Gasteiger partial charge on any atom is -0.478 e. The van der Waals surface area contributed by atoms with Crippen LogP contribution in [0.25, 0.3) is 0 Å². The smallest absolute Gasteiger partial charge is 0.336 e. The Balaban J connectivity index is 1.83. The van der Waals surface area contributed by atoms with Crippen LogP contribution in [0.3, 0.4) is 0 Å². The predicted molar refractivity (Wildman–Crippen MR) is 90.9 cm³/mol. The van der Waals surface area contributed by atoms with Gasteiger partial charge < -0.3 is 10.4 Å². The van der Waals surface area contributed by atoms with Gasteiger partial charge in [-0.2, -0.15) is 0 Å². The average Bonchev–Trinajstić information content (AvgIpc) is 3.05. The molecule has 1 aliphatic carbocycles. The molecule has 2 aromatic rings. The highest BCUT2D eigenvalue weighted by atomic mass is 19.1. The molecule has 2 aliphatic rings. The molecule has 24 heavy (non-hydrogen) atoms. The first-order valence-electron chi connectivity index (χ1n) is 8.11. The summed E-state index contributed by atoms with van der Waals surface area (Å²) in [7, 11) is 0. The van der Waals surface area contributed by atoms with Gasteiger partial charge in [0.15, 0.2) is 0 Å². The fraction of sp³-hybridized carbons (Fsp3) is 0.250. The van der Waals surface area contributed by atoms with E-state index in [9.17, 15) is 14.3 Å². The van der Waals surface area contributed by atoms with Crippen molar-refractivity contribution in [3.8, 4) is 0 Å². The Kier molecular flexibility index (Phi) is 3.41. The molecule has 0 saturated heterocycles. The van der Waals surface area contributed by atoms with E-state index in [1.807, 2.05) is 25.1 Å². The van der Waals surface area contributed by atoms with E-state index in [2.05, 4.69) is 17.5 Å². The molecule has 0 spiro atoms. The second kappa shape index (κ2) is 5.48. The van der Waals surface area contributed by atoms with Crippen molar-refractivity contribution in [2.75, 3.05) is 5.32 Å². The van der Waals surface area contributed by atoms with Crippen LogP contribution in [0.15, 0.2) is 48.6 Å². The zero-order chi connectivity index (χ0) is 16.8. The Morgan fingerprint density at radius 2 is 1.96 bits per heavy atom. The standard InChI is InChI=1S/C20H18FNO2/c1-11-14(20(23)24)9-10-17-15-3-2-4-16(15)19(22-18(11)17)12-5-7-13(21)8-6-12/h2-3,5-10,15-16,19,22H,4H2,1H3,(H,23,24)/t15-,16+,19+/m1/s1. The number of nitrogens with one attached hydrogen (secondary N) is 1. The summed E-state index contributed by atoms with van der Waals surface area (Å²) in [5.41, 5.74) is 4.15. The number of carbonyl (C=O) groups is 1. The SMILES string of the molecule is Cc1c(C(=O)O)ccc2c1N[C@@H](c1ccc(F)cc1)[C@H]1CC=C[C@@H]21. The van der Waals surface area contributed by atoms with Gasteiger partial charge in [-0.15, -0.1) is 0 Å². The Morgan fingerprint density at radius 1 is 1.21 bits per heavy atom. The van der Waals surface area contributed by atoms with Crippen molar-refractivity contribution in [3.63, 3.8) is 0 Å². The largest absolute Gasteiger partial charge is 0.478 e. The van der Waals surface area contributed by atoms with Crippen molar-refractivity contribution in [2.24, 2.45) is 5.92 Å². The minimum absolute atomic E-state index is 0.0424. The molecule has 0 unspecified atom stereocenters. The summed E-state index contributed by atoms with van der Waals surface area (Å²) in [6, 6.07) is 10.2. The fourth-order valence-electron chi connectivity index (χ4n) is 4.05. The lowest BCUT2D eigenvalue weighted by molar-refractivity contribution is 0.0696. The van der Waals surface area contributed by atoms with Gasteiger partial charge in [-0.1, -0.05) is 30.4 Å². The van der Waals surface area contributed by atoms with E-state index >= 15 is 0 Å². The van der Waals surface area contributed by atoms with Crippen molar-refractivity contribution in [1.29, 1.82) is 0 Å². The van der Waals surface area contributed by atoms with Crippen molar-refractivity contribution in [1.82, 2.24) is 0 Å². The topological polar surface area (TPSA) is 49.3 Å². The molecule has 3 atom stereocenters. The third kappa shape index (κ3) is 2.21. The zero-order valence-electron chi connectivity index (χ0n) is 13.3. The first-order valence-corrected chi connectivity index (χ1v) is 8.11. The molecule has 4 rings (SSSR count). The van der Waals surface area contributed by atoms with Gasteiger partial charge in [0, 0.05) is 11.6 Å². The first kappa shape index (κ1) is 14.9. The van der Waals surface area contributed by atoms with Crippen LogP contribution in [0.4, 0.5) is 10.1 Å². The zero-order valence-corrected chi connectivity index (χ0v) is 13.3. The number of carboxylic acids is 1. The number of hydrogen-bond acceptors (Lipinski definition) is 2. The Hall–Kier alpha value is -2.62. The Morgan fingerprint density at radius 3 is 2.67 bits per heavy atom. The molecule has 1 heterocycles. The van der Waals surface area contributed by atoms with Gasteiger partial charge >= 0.3 is 5.97 Å². The van der Waals surface area contributed by atoms with E-state index in [0.29, 0.717) is 11.5 Å². The van der Waals surface area contributed by atoms with Crippen LogP contribution in [0.1, 0.15) is 45.4 Å². The summed E-state index contributed by atoms with van der Waals surface area (Å²) in [6.07, 6.45) is 5.35. The third-order valence-corrected chi connectivity index (χ3v) is 5.26. The normalized spacial score (nSPS) is 24.2. The van der Waals surface area contributed by atoms with E-state index in [1.165, 1.54) is 12.1 Å². The molecule has 4 heteroatoms. The molecule has 2 N–H and O–H groups in total. The summed E-state index contributed by atoms with van der Waals surface area (Å²) < 4.78 is 13.3. The number of halogens is 1. The van der Waals surface area contributed by atoms with Crippen LogP contribution in [-0.2, 0) is 0 Å². The van der Waals surface area contributed by atoms with Gasteiger partial charge in [0.25, 0.3) is 0 Å². The van der Waals surface area contributed by atoms with Gasteiger partial charge in [0.1, 0.15) is 5.82 Å². The van der Waals surface area contributed by atoms with Gasteiger partial charge in [-0.05, 0) is 54.2 Å². The van der Waals surface area contributed by atoms with E-state index < -0.39 is 5.97 Å². The highest BCUT2D eigenvalue weighted by Gasteiger charge is 2.38. The maximum atomic E-state index is 13.3. The van der Waals surface area contributed by atoms with Crippen molar-refractivity contribution in [2.45, 2.75) is 25.3 Å². The number of benzene rings is 2. The average molecular weight is 323 g/mol. The lowest BCUT2D eigenvalue weighted by Crippen LogP contribution is -2.30. The molecule has 1 aliphatic heterocycles. The number of rotatable bonds is 2. The summed E-state index contributed by atoms with van der Waals surface area (Å²) in [6.45, 7) is 1.84. The summed E-state index contributed by atoms with van der Waals surface area (Å²) >= 11 is 0. The number of fused-ring (bicyclic) bond motifs is 3. The highest BCUT2D eigenvalue weighted by molar-refractivity contribution is 5.92. The quantitative estimate of drug-likeness (QED) is 0.790. The van der Waals surface area contributed by atoms with E-state index in [-0.39, 0.29) is 17.8 Å². The van der Waals surface area contributed by atoms with Crippen LogP contribution in [0, 0.1) is 18.7 Å². The molecular formula is C20H18FNO2. The van der Waals surface area contributed by atoms with Gasteiger partial charge in [-0.3, -0.25) is 0 Å². The number of hydrogen-bond donors (Lipinski definition) is 2. The summed E-state index contributed by atoms with van der Waals surface area (Å²) in [5.74, 6) is -0.546. The van der Waals surface area contributed by atoms with Crippen LogP contribution < -0.4 is 5.32 Å². The molecule has 0 saturated carbocycles. The van der Waals surface area contributed by atoms with E-state index in [0.717, 1.165) is 28.8 Å². The molecular weight excluding hydrogens is 305 g/mol. The Bertz CT molecular complexity index is 841. The molecule has 0 fully saturated rings. The van der Waals surface area contributed by atoms with Crippen molar-refractivity contribution >= 4 is 11.7 Å². The van der Waals surface area contributed by atoms with Crippen LogP contribution in [-0.4, -0.2) is 11.1 Å². The number of allylic oxidation sites excluding steroid dienone is 2. The second-order valence-electron chi connectivity index (χ2n) is 6.53. The fourth-order valence-corrected chi connectivity index (χ4v) is 4.05. The van der Waals surface area contributed by atoms with Crippen LogP contribution in [0.2, 0.25) is 0 Å². The van der Waals surface area contributed by atoms with Gasteiger partial charge in [-0.25, -0.2) is 9.18 Å². The van der Waals surface area contributed by atoms with Crippen LogP contribution in [0.5, 0.6) is 0 Å². The third-order valence-electron chi connectivity index (χ3n) is 5.26.